The smallest absolute Gasteiger partial charge is 0.325 e. The largest absolute Gasteiger partial charge is 0.464 e. The minimum Gasteiger partial charge on any atom is -0.464 e. The number of hydrogen-bond acceptors (Lipinski definition) is 9. The van der Waals surface area contributed by atoms with Gasteiger partial charge in [0.05, 0.1) is 29.8 Å². The molecule has 0 aromatic heterocycles. The summed E-state index contributed by atoms with van der Waals surface area (Å²) in [6, 6.07) is -4.55. The third kappa shape index (κ3) is 15.0. The maximum absolute atomic E-state index is 14.0. The number of likely N-dealkylation sites (N-methyl/N-ethyl adjacent to an activating group) is 1. The van der Waals surface area contributed by atoms with Gasteiger partial charge in [-0.1, -0.05) is 41.0 Å². The number of nitrogens with one attached hydrogen (secondary N) is 4. The van der Waals surface area contributed by atoms with E-state index < -0.39 is 89.4 Å². The standard InChI is InChI=1S/C35H63N5O9/c1-14-21(5)27-32(45)37-24(19-48-34(7,8)9)29(42)39-28(22(6)49-35(10,11)12)31(44)36-17-26(41)47-18-23(15-2)33(46)40(13)25(16-20(3)4)30(43)38-27/h20-25,27-28H,14-19H2,1-13H3,(H,36,44)(H,37,45)(H,38,43)(H,39,42). The summed E-state index contributed by atoms with van der Waals surface area (Å²) in [6.45, 7) is 20.6. The summed E-state index contributed by atoms with van der Waals surface area (Å²) in [6.07, 6.45) is 0.289. The number of amides is 5. The van der Waals surface area contributed by atoms with Crippen molar-refractivity contribution in [1.82, 2.24) is 26.2 Å². The van der Waals surface area contributed by atoms with Gasteiger partial charge in [-0.2, -0.15) is 0 Å². The second-order valence-electron chi connectivity index (χ2n) is 15.4. The number of nitrogens with zero attached hydrogens (tertiary/aromatic N) is 1. The molecule has 1 saturated heterocycles. The molecule has 282 valence electrons. The van der Waals surface area contributed by atoms with E-state index in [1.54, 1.807) is 62.3 Å². The Bertz CT molecular complexity index is 1150. The van der Waals surface area contributed by atoms with Gasteiger partial charge in [-0.25, -0.2) is 0 Å². The lowest BCUT2D eigenvalue weighted by Crippen LogP contribution is -2.62. The van der Waals surface area contributed by atoms with E-state index in [2.05, 4.69) is 21.3 Å². The van der Waals surface area contributed by atoms with Crippen LogP contribution in [0.15, 0.2) is 0 Å². The lowest BCUT2D eigenvalue weighted by atomic mass is 9.95. The number of cyclic esters (lactones) is 1. The highest BCUT2D eigenvalue weighted by Gasteiger charge is 2.38. The van der Waals surface area contributed by atoms with Gasteiger partial charge in [0.1, 0.15) is 37.3 Å². The predicted octanol–water partition coefficient (Wildman–Crippen LogP) is 2.08. The molecule has 1 aliphatic rings. The van der Waals surface area contributed by atoms with Gasteiger partial charge in [0.15, 0.2) is 0 Å². The van der Waals surface area contributed by atoms with Gasteiger partial charge >= 0.3 is 5.97 Å². The zero-order valence-electron chi connectivity index (χ0n) is 32.0. The molecule has 1 fully saturated rings. The van der Waals surface area contributed by atoms with Crippen LogP contribution in [-0.2, 0) is 43.0 Å². The Morgan fingerprint density at radius 2 is 1.41 bits per heavy atom. The molecule has 0 saturated carbocycles. The molecule has 7 unspecified atom stereocenters. The fourth-order valence-electron chi connectivity index (χ4n) is 5.21. The second-order valence-corrected chi connectivity index (χ2v) is 15.4. The van der Waals surface area contributed by atoms with Crippen molar-refractivity contribution in [3.63, 3.8) is 0 Å². The molecule has 0 aliphatic carbocycles. The third-order valence-corrected chi connectivity index (χ3v) is 8.21. The van der Waals surface area contributed by atoms with Crippen LogP contribution < -0.4 is 21.3 Å². The molecule has 5 amide bonds. The van der Waals surface area contributed by atoms with E-state index in [0.29, 0.717) is 19.3 Å². The number of carbonyl (C=O) groups is 6. The van der Waals surface area contributed by atoms with E-state index >= 15 is 0 Å². The van der Waals surface area contributed by atoms with Crippen molar-refractivity contribution < 1.29 is 43.0 Å². The van der Waals surface area contributed by atoms with Gasteiger partial charge in [0.2, 0.25) is 29.5 Å². The summed E-state index contributed by atoms with van der Waals surface area (Å²) in [7, 11) is 1.52. The molecule has 4 N–H and O–H groups in total. The number of esters is 1. The highest BCUT2D eigenvalue weighted by molar-refractivity contribution is 5.96. The molecule has 7 atom stereocenters. The van der Waals surface area contributed by atoms with Gasteiger partial charge in [-0.15, -0.1) is 0 Å². The van der Waals surface area contributed by atoms with E-state index in [1.165, 1.54) is 11.9 Å². The van der Waals surface area contributed by atoms with Gasteiger partial charge in [0, 0.05) is 7.05 Å². The molecule has 0 spiro atoms. The van der Waals surface area contributed by atoms with Crippen molar-refractivity contribution in [2.45, 2.75) is 144 Å². The first kappa shape index (κ1) is 43.8. The van der Waals surface area contributed by atoms with Crippen LogP contribution in [0.2, 0.25) is 0 Å². The summed E-state index contributed by atoms with van der Waals surface area (Å²) < 4.78 is 17.3. The number of ether oxygens (including phenoxy) is 3. The Labute approximate surface area is 292 Å². The number of rotatable bonds is 9. The number of carbonyl (C=O) groups excluding carboxylic acids is 6. The lowest BCUT2D eigenvalue weighted by Gasteiger charge is -2.34. The zero-order valence-corrected chi connectivity index (χ0v) is 32.0. The van der Waals surface area contributed by atoms with Gasteiger partial charge < -0.3 is 40.4 Å². The molecule has 0 aromatic carbocycles. The average molecular weight is 698 g/mol. The number of hydrogen-bond donors (Lipinski definition) is 4. The maximum Gasteiger partial charge on any atom is 0.325 e. The highest BCUT2D eigenvalue weighted by Crippen LogP contribution is 2.19. The summed E-state index contributed by atoms with van der Waals surface area (Å²) in [5.41, 5.74) is -1.38. The van der Waals surface area contributed by atoms with Crippen LogP contribution in [0.5, 0.6) is 0 Å². The second kappa shape index (κ2) is 19.2. The third-order valence-electron chi connectivity index (χ3n) is 8.21. The summed E-state index contributed by atoms with van der Waals surface area (Å²) >= 11 is 0. The monoisotopic (exact) mass is 697 g/mol. The Hall–Kier alpha value is -3.26. The van der Waals surface area contributed by atoms with E-state index in [-0.39, 0.29) is 25.0 Å². The van der Waals surface area contributed by atoms with Crippen molar-refractivity contribution in [2.24, 2.45) is 17.8 Å². The first-order chi connectivity index (χ1) is 22.5. The Balaban J connectivity index is 3.74. The van der Waals surface area contributed by atoms with Crippen LogP contribution in [0.1, 0.15) is 102 Å². The van der Waals surface area contributed by atoms with Gasteiger partial charge in [-0.05, 0) is 73.1 Å². The molecule has 1 heterocycles. The minimum absolute atomic E-state index is 0.0187. The highest BCUT2D eigenvalue weighted by atomic mass is 16.5. The van der Waals surface area contributed by atoms with Crippen molar-refractivity contribution >= 4 is 35.5 Å². The molecule has 14 heteroatoms. The molecular weight excluding hydrogens is 634 g/mol. The van der Waals surface area contributed by atoms with Crippen LogP contribution in [0.3, 0.4) is 0 Å². The predicted molar refractivity (Wildman–Crippen MR) is 185 cm³/mol. The molecule has 0 aromatic rings. The summed E-state index contributed by atoms with van der Waals surface area (Å²) in [4.78, 5) is 82.9. The Morgan fingerprint density at radius 3 is 1.92 bits per heavy atom. The van der Waals surface area contributed by atoms with Crippen molar-refractivity contribution in [3.05, 3.63) is 0 Å². The van der Waals surface area contributed by atoms with Crippen LogP contribution >= 0.6 is 0 Å². The molecular formula is C35H63N5O9. The van der Waals surface area contributed by atoms with E-state index in [9.17, 15) is 28.8 Å². The molecule has 0 bridgehead atoms. The zero-order chi connectivity index (χ0) is 37.9. The summed E-state index contributed by atoms with van der Waals surface area (Å²) in [5, 5.41) is 10.8. The SMILES string of the molecule is CCC1COC(=O)CNC(=O)C(C(C)OC(C)(C)C)NC(=O)C(COC(C)(C)C)NC(=O)C(C(C)CC)NC(=O)C(CC(C)C)N(C)C1=O. The quantitative estimate of drug-likeness (QED) is 0.262. The van der Waals surface area contributed by atoms with E-state index in [0.717, 1.165) is 0 Å². The first-order valence-electron chi connectivity index (χ1n) is 17.4. The fraction of sp³-hybridized carbons (Fsp3) is 0.829. The average Bonchev–Trinajstić information content (AvgIpc) is 2.99. The van der Waals surface area contributed by atoms with Crippen molar-refractivity contribution in [2.75, 3.05) is 26.8 Å². The van der Waals surface area contributed by atoms with Crippen molar-refractivity contribution in [3.8, 4) is 0 Å². The normalized spacial score (nSPS) is 26.0. The molecule has 1 aliphatic heterocycles. The molecule has 1 rings (SSSR count). The van der Waals surface area contributed by atoms with Gasteiger partial charge in [-0.3, -0.25) is 28.8 Å². The fourth-order valence-corrected chi connectivity index (χ4v) is 5.21. The Kier molecular flexibility index (Phi) is 17.2. The minimum atomic E-state index is -1.28. The van der Waals surface area contributed by atoms with E-state index in [4.69, 9.17) is 14.2 Å². The van der Waals surface area contributed by atoms with Crippen LogP contribution in [-0.4, -0.2) is 109 Å². The maximum atomic E-state index is 14.0. The molecule has 0 radical (unpaired) electrons. The topological polar surface area (TPSA) is 181 Å². The van der Waals surface area contributed by atoms with Crippen LogP contribution in [0, 0.1) is 17.8 Å². The molecule has 14 nitrogen and oxygen atoms in total. The van der Waals surface area contributed by atoms with Gasteiger partial charge in [0.25, 0.3) is 0 Å². The van der Waals surface area contributed by atoms with Crippen LogP contribution in [0.25, 0.3) is 0 Å². The first-order valence-corrected chi connectivity index (χ1v) is 17.4. The Morgan fingerprint density at radius 1 is 0.816 bits per heavy atom. The van der Waals surface area contributed by atoms with Crippen molar-refractivity contribution in [1.29, 1.82) is 0 Å². The lowest BCUT2D eigenvalue weighted by molar-refractivity contribution is -0.151. The van der Waals surface area contributed by atoms with E-state index in [1.807, 2.05) is 20.8 Å². The summed E-state index contributed by atoms with van der Waals surface area (Å²) in [5.74, 6) is -4.87. The molecule has 49 heavy (non-hydrogen) atoms. The van der Waals surface area contributed by atoms with Crippen LogP contribution in [0.4, 0.5) is 0 Å².